The molecule has 0 unspecified atom stereocenters. The number of hydrogen-bond acceptors (Lipinski definition) is 4. The Kier molecular flexibility index (Phi) is 5.37. The molecular formula is C21H20NO4-. The minimum atomic E-state index is -1.23. The zero-order chi connectivity index (χ0) is 18.5. The van der Waals surface area contributed by atoms with Gasteiger partial charge in [0.05, 0.1) is 0 Å². The third kappa shape index (κ3) is 3.77. The molecule has 0 bridgehead atoms. The van der Waals surface area contributed by atoms with Gasteiger partial charge in [-0.25, -0.2) is 4.79 Å². The molecule has 0 aromatic heterocycles. The molecule has 0 aliphatic heterocycles. The number of carboxylic acid groups (broad SMARTS) is 1. The van der Waals surface area contributed by atoms with Crippen LogP contribution in [0.2, 0.25) is 0 Å². The number of alkyl carbamates (subject to hydrolysis) is 1. The van der Waals surface area contributed by atoms with E-state index in [1.807, 2.05) is 36.4 Å². The van der Waals surface area contributed by atoms with Gasteiger partial charge in [-0.1, -0.05) is 54.6 Å². The summed E-state index contributed by atoms with van der Waals surface area (Å²) in [6.07, 6.45) is 0.964. The smallest absolute Gasteiger partial charge is 0.407 e. The number of hydrogen-bond donors (Lipinski definition) is 1. The maximum Gasteiger partial charge on any atom is 0.407 e. The highest BCUT2D eigenvalue weighted by molar-refractivity contribution is 5.79. The first-order valence-electron chi connectivity index (χ1n) is 8.52. The Morgan fingerprint density at radius 3 is 2.23 bits per heavy atom. The van der Waals surface area contributed by atoms with Crippen molar-refractivity contribution in [2.45, 2.75) is 24.8 Å². The zero-order valence-corrected chi connectivity index (χ0v) is 14.3. The number of rotatable bonds is 7. The summed E-state index contributed by atoms with van der Waals surface area (Å²) in [4.78, 5) is 22.9. The Hall–Kier alpha value is -3.08. The van der Waals surface area contributed by atoms with Crippen LogP contribution >= 0.6 is 0 Å². The van der Waals surface area contributed by atoms with Crippen molar-refractivity contribution in [1.82, 2.24) is 5.32 Å². The van der Waals surface area contributed by atoms with Crippen molar-refractivity contribution in [3.63, 3.8) is 0 Å². The lowest BCUT2D eigenvalue weighted by atomic mass is 9.98. The van der Waals surface area contributed by atoms with Gasteiger partial charge in [-0.3, -0.25) is 0 Å². The predicted octanol–water partition coefficient (Wildman–Crippen LogP) is 2.61. The van der Waals surface area contributed by atoms with Crippen molar-refractivity contribution in [2.24, 2.45) is 0 Å². The Labute approximate surface area is 152 Å². The normalized spacial score (nSPS) is 13.4. The van der Waals surface area contributed by atoms with E-state index >= 15 is 0 Å². The van der Waals surface area contributed by atoms with E-state index in [0.717, 1.165) is 22.3 Å². The van der Waals surface area contributed by atoms with Crippen LogP contribution in [0.4, 0.5) is 4.79 Å². The van der Waals surface area contributed by atoms with E-state index in [4.69, 9.17) is 4.74 Å². The molecule has 1 aliphatic rings. The summed E-state index contributed by atoms with van der Waals surface area (Å²) in [5.74, 6) is -1.26. The lowest BCUT2D eigenvalue weighted by Gasteiger charge is -2.19. The van der Waals surface area contributed by atoms with Gasteiger partial charge in [0, 0.05) is 24.3 Å². The Morgan fingerprint density at radius 2 is 1.69 bits per heavy atom. The number of carboxylic acids is 1. The summed E-state index contributed by atoms with van der Waals surface area (Å²) in [6.45, 7) is 3.76. The highest BCUT2D eigenvalue weighted by Gasteiger charge is 2.29. The van der Waals surface area contributed by atoms with Crippen molar-refractivity contribution in [3.05, 3.63) is 72.3 Å². The topological polar surface area (TPSA) is 78.5 Å². The van der Waals surface area contributed by atoms with Gasteiger partial charge in [-0.15, -0.1) is 6.58 Å². The molecule has 0 heterocycles. The van der Waals surface area contributed by atoms with Crippen molar-refractivity contribution in [2.75, 3.05) is 6.61 Å². The highest BCUT2D eigenvalue weighted by Crippen LogP contribution is 2.44. The molecule has 1 N–H and O–H groups in total. The molecule has 3 rings (SSSR count). The predicted molar refractivity (Wildman–Crippen MR) is 96.4 cm³/mol. The average Bonchev–Trinajstić information content (AvgIpc) is 2.94. The van der Waals surface area contributed by atoms with Crippen LogP contribution < -0.4 is 10.4 Å². The van der Waals surface area contributed by atoms with Crippen LogP contribution in [0, 0.1) is 0 Å². The first-order chi connectivity index (χ1) is 12.6. The molecule has 0 radical (unpaired) electrons. The number of carbonyl (C=O) groups is 2. The second-order valence-electron chi connectivity index (χ2n) is 6.27. The molecule has 0 saturated carbocycles. The van der Waals surface area contributed by atoms with Gasteiger partial charge in [0.15, 0.2) is 0 Å². The van der Waals surface area contributed by atoms with Crippen molar-refractivity contribution >= 4 is 12.1 Å². The number of nitrogens with one attached hydrogen (secondary N) is 1. The van der Waals surface area contributed by atoms with E-state index in [0.29, 0.717) is 6.42 Å². The number of carbonyl (C=O) groups excluding carboxylic acids is 2. The summed E-state index contributed by atoms with van der Waals surface area (Å²) in [5, 5.41) is 13.3. The van der Waals surface area contributed by atoms with Crippen molar-refractivity contribution in [3.8, 4) is 11.1 Å². The molecule has 2 aromatic carbocycles. The molecule has 0 saturated heterocycles. The van der Waals surface area contributed by atoms with E-state index in [-0.39, 0.29) is 18.9 Å². The minimum Gasteiger partial charge on any atom is -0.550 e. The lowest BCUT2D eigenvalue weighted by molar-refractivity contribution is -0.306. The fourth-order valence-corrected chi connectivity index (χ4v) is 3.40. The Balaban J connectivity index is 1.68. The molecular weight excluding hydrogens is 330 g/mol. The van der Waals surface area contributed by atoms with Gasteiger partial charge in [0.1, 0.15) is 6.61 Å². The van der Waals surface area contributed by atoms with Crippen LogP contribution in [0.15, 0.2) is 61.2 Å². The second kappa shape index (κ2) is 7.87. The molecule has 5 nitrogen and oxygen atoms in total. The van der Waals surface area contributed by atoms with Gasteiger partial charge in [-0.2, -0.15) is 0 Å². The molecule has 1 amide bonds. The van der Waals surface area contributed by atoms with E-state index in [2.05, 4.69) is 24.0 Å². The fourth-order valence-electron chi connectivity index (χ4n) is 3.40. The first kappa shape index (κ1) is 17.7. The van der Waals surface area contributed by atoms with Crippen molar-refractivity contribution in [1.29, 1.82) is 0 Å². The first-order valence-corrected chi connectivity index (χ1v) is 8.52. The molecule has 0 fully saturated rings. The van der Waals surface area contributed by atoms with Gasteiger partial charge in [-0.05, 0) is 28.7 Å². The summed E-state index contributed by atoms with van der Waals surface area (Å²) in [5.41, 5.74) is 4.55. The van der Waals surface area contributed by atoms with Crippen LogP contribution in [0.1, 0.15) is 29.9 Å². The Bertz CT molecular complexity index is 785. The molecule has 26 heavy (non-hydrogen) atoms. The van der Waals surface area contributed by atoms with Gasteiger partial charge in [0.2, 0.25) is 0 Å². The zero-order valence-electron chi connectivity index (χ0n) is 14.3. The fraction of sp³-hybridized carbons (Fsp3) is 0.238. The SMILES string of the molecule is C=CC[C@@H](CC(=O)[O-])NC(=O)OCC1c2ccccc2-c2ccccc21. The summed E-state index contributed by atoms with van der Waals surface area (Å²) in [7, 11) is 0. The van der Waals surface area contributed by atoms with E-state index in [1.54, 1.807) is 6.08 Å². The Morgan fingerprint density at radius 1 is 1.12 bits per heavy atom. The monoisotopic (exact) mass is 350 g/mol. The van der Waals surface area contributed by atoms with Gasteiger partial charge < -0.3 is 20.0 Å². The lowest BCUT2D eigenvalue weighted by Crippen LogP contribution is -2.40. The van der Waals surface area contributed by atoms with Crippen LogP contribution in [0.3, 0.4) is 0 Å². The third-order valence-corrected chi connectivity index (χ3v) is 4.53. The number of aliphatic carboxylic acids is 1. The molecule has 1 atom stereocenters. The minimum absolute atomic E-state index is 0.0351. The molecule has 5 heteroatoms. The number of amides is 1. The molecule has 2 aromatic rings. The standard InChI is InChI=1S/C21H21NO4/c1-2-7-14(12-20(23)24)22-21(25)26-13-19-17-10-5-3-8-15(17)16-9-4-6-11-18(16)19/h2-6,8-11,14,19H,1,7,12-13H2,(H,22,25)(H,23,24)/p-1/t14-/m0/s1. The van der Waals surface area contributed by atoms with Crippen LogP contribution in [0.25, 0.3) is 11.1 Å². The maximum atomic E-state index is 12.1. The van der Waals surface area contributed by atoms with Gasteiger partial charge >= 0.3 is 6.09 Å². The number of ether oxygens (including phenoxy) is 1. The average molecular weight is 350 g/mol. The molecule has 1 aliphatic carbocycles. The molecule has 0 spiro atoms. The molecule has 134 valence electrons. The van der Waals surface area contributed by atoms with Crippen LogP contribution in [0.5, 0.6) is 0 Å². The quantitative estimate of drug-likeness (QED) is 0.779. The number of benzene rings is 2. The van der Waals surface area contributed by atoms with Crippen LogP contribution in [-0.2, 0) is 9.53 Å². The largest absolute Gasteiger partial charge is 0.550 e. The van der Waals surface area contributed by atoms with E-state index in [9.17, 15) is 14.7 Å². The number of fused-ring (bicyclic) bond motifs is 3. The van der Waals surface area contributed by atoms with E-state index < -0.39 is 18.1 Å². The second-order valence-corrected chi connectivity index (χ2v) is 6.27. The summed E-state index contributed by atoms with van der Waals surface area (Å²) in [6, 6.07) is 15.5. The summed E-state index contributed by atoms with van der Waals surface area (Å²) < 4.78 is 5.40. The van der Waals surface area contributed by atoms with Crippen molar-refractivity contribution < 1.29 is 19.4 Å². The summed E-state index contributed by atoms with van der Waals surface area (Å²) >= 11 is 0. The highest BCUT2D eigenvalue weighted by atomic mass is 16.5. The third-order valence-electron chi connectivity index (χ3n) is 4.53. The van der Waals surface area contributed by atoms with E-state index in [1.165, 1.54) is 0 Å². The van der Waals surface area contributed by atoms with Crippen LogP contribution in [-0.4, -0.2) is 24.7 Å². The maximum absolute atomic E-state index is 12.1. The van der Waals surface area contributed by atoms with Gasteiger partial charge in [0.25, 0.3) is 0 Å².